The Labute approximate surface area is 173 Å². The molecule has 1 aromatic rings. The highest BCUT2D eigenvalue weighted by Gasteiger charge is 2.16. The summed E-state index contributed by atoms with van der Waals surface area (Å²) in [5, 5.41) is 3.95. The van der Waals surface area contributed by atoms with E-state index in [0.29, 0.717) is 19.7 Å². The topological polar surface area (TPSA) is 71.0 Å². The molecule has 1 fully saturated rings. The van der Waals surface area contributed by atoms with E-state index in [4.69, 9.17) is 40.6 Å². The van der Waals surface area contributed by atoms with Gasteiger partial charge in [-0.15, -0.1) is 0 Å². The Kier molecular flexibility index (Phi) is 9.03. The lowest BCUT2D eigenvalue weighted by molar-refractivity contribution is 0.131. The maximum atomic E-state index is 5.93. The molecule has 0 aliphatic carbocycles. The van der Waals surface area contributed by atoms with E-state index in [1.807, 2.05) is 13.0 Å². The lowest BCUT2D eigenvalue weighted by atomic mass is 10.1. The Hall–Kier alpha value is -1.64. The predicted octanol–water partition coefficient (Wildman–Crippen LogP) is 2.47. The van der Waals surface area contributed by atoms with Crippen molar-refractivity contribution >= 4 is 34.7 Å². The summed E-state index contributed by atoms with van der Waals surface area (Å²) in [7, 11) is 0. The van der Waals surface area contributed by atoms with Gasteiger partial charge in [-0.25, -0.2) is 0 Å². The number of ether oxygens (including phenoxy) is 1. The largest absolute Gasteiger partial charge is 0.494 e. The number of piperidine rings is 1. The molecular weight excluding hydrogens is 378 g/mol. The zero-order chi connectivity index (χ0) is 19.6. The summed E-state index contributed by atoms with van der Waals surface area (Å²) in [5.74, 6) is 0.896. The number of benzene rings is 1. The Balaban J connectivity index is 1.81. The number of nitrogens with zero attached hydrogens (tertiary/aromatic N) is 3. The van der Waals surface area contributed by atoms with Gasteiger partial charge >= 0.3 is 0 Å². The van der Waals surface area contributed by atoms with Crippen LogP contribution in [0, 0.1) is 0 Å². The maximum Gasteiger partial charge on any atom is 0.185 e. The molecule has 0 saturated carbocycles. The number of thiocarbonyl (C=S) groups is 2. The fraction of sp³-hybridized carbons (Fsp3) is 0.579. The van der Waals surface area contributed by atoms with Gasteiger partial charge in [0.05, 0.1) is 6.61 Å². The molecule has 0 bridgehead atoms. The van der Waals surface area contributed by atoms with Crippen LogP contribution < -0.4 is 16.2 Å². The van der Waals surface area contributed by atoms with Gasteiger partial charge in [0.1, 0.15) is 5.75 Å². The molecule has 150 valence electrons. The Morgan fingerprint density at radius 1 is 1.11 bits per heavy atom. The van der Waals surface area contributed by atoms with Gasteiger partial charge < -0.3 is 16.2 Å². The molecule has 0 aromatic heterocycles. The van der Waals surface area contributed by atoms with E-state index in [0.717, 1.165) is 18.7 Å². The molecule has 1 aliphatic rings. The van der Waals surface area contributed by atoms with Crippen LogP contribution in [0.3, 0.4) is 0 Å². The minimum atomic E-state index is 0.258. The van der Waals surface area contributed by atoms with Crippen molar-refractivity contribution in [2.75, 3.05) is 32.8 Å². The van der Waals surface area contributed by atoms with E-state index >= 15 is 0 Å². The normalized spacial score (nSPS) is 14.6. The molecule has 1 saturated heterocycles. The molecule has 4 N–H and O–H groups in total. The van der Waals surface area contributed by atoms with Crippen molar-refractivity contribution in [2.45, 2.75) is 39.2 Å². The van der Waals surface area contributed by atoms with Crippen LogP contribution in [0.5, 0.6) is 5.75 Å². The molecule has 0 spiro atoms. The third-order valence-corrected chi connectivity index (χ3v) is 5.06. The second kappa shape index (κ2) is 11.3. The number of hydrazine groups is 1. The van der Waals surface area contributed by atoms with E-state index in [2.05, 4.69) is 23.1 Å². The summed E-state index contributed by atoms with van der Waals surface area (Å²) >= 11 is 10.2. The van der Waals surface area contributed by atoms with Crippen molar-refractivity contribution < 1.29 is 4.74 Å². The first-order valence-corrected chi connectivity index (χ1v) is 10.4. The smallest absolute Gasteiger partial charge is 0.185 e. The molecule has 1 heterocycles. The molecule has 2 rings (SSSR count). The first-order valence-electron chi connectivity index (χ1n) is 9.59. The first kappa shape index (κ1) is 21.7. The van der Waals surface area contributed by atoms with Crippen molar-refractivity contribution in [3.05, 3.63) is 29.8 Å². The van der Waals surface area contributed by atoms with Gasteiger partial charge in [-0.05, 0) is 75.0 Å². The summed E-state index contributed by atoms with van der Waals surface area (Å²) in [6, 6.07) is 8.35. The third kappa shape index (κ3) is 7.12. The fourth-order valence-corrected chi connectivity index (χ4v) is 3.73. The van der Waals surface area contributed by atoms with Gasteiger partial charge in [0, 0.05) is 26.1 Å². The molecule has 1 aromatic carbocycles. The summed E-state index contributed by atoms with van der Waals surface area (Å²) in [6.07, 6.45) is 4.72. The Morgan fingerprint density at radius 3 is 2.44 bits per heavy atom. The monoisotopic (exact) mass is 409 g/mol. The van der Waals surface area contributed by atoms with Gasteiger partial charge in [0.2, 0.25) is 0 Å². The van der Waals surface area contributed by atoms with Gasteiger partial charge in [0.25, 0.3) is 0 Å². The van der Waals surface area contributed by atoms with Crippen molar-refractivity contribution in [1.29, 1.82) is 0 Å². The zero-order valence-corrected chi connectivity index (χ0v) is 17.7. The molecule has 1 aliphatic heterocycles. The van der Waals surface area contributed by atoms with E-state index in [9.17, 15) is 0 Å². The minimum absolute atomic E-state index is 0.258. The maximum absolute atomic E-state index is 5.93. The number of hydrogen-bond donors (Lipinski definition) is 2. The van der Waals surface area contributed by atoms with Crippen LogP contribution in [-0.2, 0) is 6.54 Å². The molecule has 0 atom stereocenters. The third-order valence-electron chi connectivity index (χ3n) is 4.64. The number of nitrogens with two attached hydrogens (primary N) is 2. The van der Waals surface area contributed by atoms with Crippen molar-refractivity contribution in [3.63, 3.8) is 0 Å². The van der Waals surface area contributed by atoms with Crippen LogP contribution in [0.2, 0.25) is 0 Å². The molecular formula is C19H31N5OS2. The molecule has 0 unspecified atom stereocenters. The van der Waals surface area contributed by atoms with Gasteiger partial charge in [-0.3, -0.25) is 14.9 Å². The number of likely N-dealkylation sites (tertiary alicyclic amines) is 1. The highest BCUT2D eigenvalue weighted by molar-refractivity contribution is 7.80. The predicted molar refractivity (Wildman–Crippen MR) is 118 cm³/mol. The van der Waals surface area contributed by atoms with Crippen molar-refractivity contribution in [1.82, 2.24) is 14.9 Å². The lowest BCUT2D eigenvalue weighted by Crippen LogP contribution is -2.54. The summed E-state index contributed by atoms with van der Waals surface area (Å²) in [5.41, 5.74) is 12.8. The van der Waals surface area contributed by atoms with E-state index < -0.39 is 0 Å². The van der Waals surface area contributed by atoms with Gasteiger partial charge in [-0.2, -0.15) is 0 Å². The quantitative estimate of drug-likeness (QED) is 0.385. The van der Waals surface area contributed by atoms with Crippen LogP contribution in [-0.4, -0.2) is 57.9 Å². The van der Waals surface area contributed by atoms with Crippen LogP contribution in [0.4, 0.5) is 0 Å². The summed E-state index contributed by atoms with van der Waals surface area (Å²) < 4.78 is 5.93. The van der Waals surface area contributed by atoms with Gasteiger partial charge in [0.15, 0.2) is 10.2 Å². The van der Waals surface area contributed by atoms with E-state index in [1.54, 1.807) is 10.0 Å². The van der Waals surface area contributed by atoms with Crippen LogP contribution in [0.25, 0.3) is 0 Å². The SMILES string of the molecule is CCN(C(N)=S)N(CCCOc1cccc(CN2CCCCC2)c1)C(N)=S. The molecule has 0 amide bonds. The summed E-state index contributed by atoms with van der Waals surface area (Å²) in [4.78, 5) is 2.51. The first-order chi connectivity index (χ1) is 13.0. The lowest BCUT2D eigenvalue weighted by Gasteiger charge is -2.34. The Morgan fingerprint density at radius 2 is 1.81 bits per heavy atom. The minimum Gasteiger partial charge on any atom is -0.494 e. The highest BCUT2D eigenvalue weighted by atomic mass is 32.1. The second-order valence-corrected chi connectivity index (χ2v) is 7.54. The Bertz CT molecular complexity index is 622. The van der Waals surface area contributed by atoms with Gasteiger partial charge in [-0.1, -0.05) is 18.6 Å². The zero-order valence-electron chi connectivity index (χ0n) is 16.1. The van der Waals surface area contributed by atoms with Crippen LogP contribution in [0.1, 0.15) is 38.2 Å². The standard InChI is InChI=1S/C19H31N5OS2/c1-2-23(18(20)26)24(19(21)27)12-7-13-25-17-9-6-8-16(14-17)15-22-10-4-3-5-11-22/h6,8-9,14H,2-5,7,10-13,15H2,1H3,(H2,20,26)(H2,21,27). The number of rotatable bonds is 8. The van der Waals surface area contributed by atoms with Crippen LogP contribution in [0.15, 0.2) is 24.3 Å². The molecule has 6 nitrogen and oxygen atoms in total. The van der Waals surface area contributed by atoms with E-state index in [-0.39, 0.29) is 10.2 Å². The van der Waals surface area contributed by atoms with Crippen molar-refractivity contribution in [2.24, 2.45) is 11.5 Å². The molecule has 0 radical (unpaired) electrons. The average molecular weight is 410 g/mol. The summed E-state index contributed by atoms with van der Waals surface area (Å²) in [6.45, 7) is 7.12. The fourth-order valence-electron chi connectivity index (χ4n) is 3.31. The highest BCUT2D eigenvalue weighted by Crippen LogP contribution is 2.18. The van der Waals surface area contributed by atoms with Crippen molar-refractivity contribution in [3.8, 4) is 5.75 Å². The van der Waals surface area contributed by atoms with Crippen LogP contribution >= 0.6 is 24.4 Å². The molecule has 27 heavy (non-hydrogen) atoms. The number of hydrogen-bond acceptors (Lipinski definition) is 4. The average Bonchev–Trinajstić information content (AvgIpc) is 2.65. The molecule has 8 heteroatoms. The van der Waals surface area contributed by atoms with E-state index in [1.165, 1.54) is 37.9 Å². The second-order valence-electron chi connectivity index (χ2n) is 6.70.